The number of carbonyl (C=O) groups is 1. The van der Waals surface area contributed by atoms with Crippen LogP contribution >= 0.6 is 0 Å². The van der Waals surface area contributed by atoms with Crippen molar-refractivity contribution in [1.29, 1.82) is 0 Å². The number of ketones is 1. The van der Waals surface area contributed by atoms with E-state index in [1.54, 1.807) is 61.5 Å². The normalized spacial score (nSPS) is 17.0. The highest BCUT2D eigenvalue weighted by molar-refractivity contribution is 8.03. The molecule has 0 aliphatic carbocycles. The maximum absolute atomic E-state index is 13.9. The topological polar surface area (TPSA) is 101 Å². The number of rotatable bonds is 9. The van der Waals surface area contributed by atoms with Gasteiger partial charge >= 0.3 is 0 Å². The molecule has 1 atom stereocenters. The highest BCUT2D eigenvalue weighted by atomic mass is 32.3. The lowest BCUT2D eigenvalue weighted by Gasteiger charge is -2.39. The van der Waals surface area contributed by atoms with Crippen molar-refractivity contribution in [2.24, 2.45) is 0 Å². The Bertz CT molecular complexity index is 1140. The van der Waals surface area contributed by atoms with Crippen molar-refractivity contribution in [1.82, 2.24) is 3.71 Å². The first kappa shape index (κ1) is 25.4. The minimum absolute atomic E-state index is 0.0217. The molecule has 0 amide bonds. The summed E-state index contributed by atoms with van der Waals surface area (Å²) >= 11 is 0. The van der Waals surface area contributed by atoms with Gasteiger partial charge in [0.2, 0.25) is 20.0 Å². The van der Waals surface area contributed by atoms with E-state index < -0.39 is 31.4 Å². The van der Waals surface area contributed by atoms with Crippen molar-refractivity contribution in [2.75, 3.05) is 43.7 Å². The van der Waals surface area contributed by atoms with Crippen LogP contribution in [-0.4, -0.2) is 70.7 Å². The van der Waals surface area contributed by atoms with Crippen molar-refractivity contribution in [3.63, 3.8) is 0 Å². The summed E-state index contributed by atoms with van der Waals surface area (Å²) in [6.07, 6.45) is 1.54. The first-order valence-electron chi connectivity index (χ1n) is 10.7. The molecule has 10 heteroatoms. The number of nitrogens with zero attached hydrogens (tertiary/aromatic N) is 2. The first-order chi connectivity index (χ1) is 15.5. The molecule has 0 saturated carbocycles. The lowest BCUT2D eigenvalue weighted by molar-refractivity contribution is 0.0804. The summed E-state index contributed by atoms with van der Waals surface area (Å²) in [6, 6.07) is 15.7. The van der Waals surface area contributed by atoms with Gasteiger partial charge in [0.25, 0.3) is 0 Å². The van der Waals surface area contributed by atoms with Gasteiger partial charge in [-0.05, 0) is 36.2 Å². The molecule has 0 N–H and O–H groups in total. The summed E-state index contributed by atoms with van der Waals surface area (Å²) < 4.78 is 56.8. The zero-order valence-electron chi connectivity index (χ0n) is 19.1. The maximum atomic E-state index is 13.9. The number of ether oxygens (including phenoxy) is 1. The Kier molecular flexibility index (Phi) is 7.62. The van der Waals surface area contributed by atoms with E-state index in [0.29, 0.717) is 22.5 Å². The number of hydrogen-bond donors (Lipinski definition) is 0. The van der Waals surface area contributed by atoms with E-state index in [-0.39, 0.29) is 18.4 Å². The highest BCUT2D eigenvalue weighted by Gasteiger charge is 2.52. The molecule has 2 aromatic carbocycles. The lowest BCUT2D eigenvalue weighted by atomic mass is 9.82. The fraction of sp³-hybridized carbons (Fsp3) is 0.435. The van der Waals surface area contributed by atoms with Gasteiger partial charge in [-0.2, -0.15) is 0 Å². The van der Waals surface area contributed by atoms with Crippen LogP contribution < -0.4 is 4.90 Å². The van der Waals surface area contributed by atoms with E-state index in [9.17, 15) is 21.6 Å². The van der Waals surface area contributed by atoms with E-state index in [4.69, 9.17) is 4.74 Å². The smallest absolute Gasteiger partial charge is 0.225 e. The van der Waals surface area contributed by atoms with Crippen LogP contribution in [0.1, 0.15) is 29.3 Å². The lowest BCUT2D eigenvalue weighted by Crippen LogP contribution is -2.59. The van der Waals surface area contributed by atoms with Crippen LogP contribution in [0.2, 0.25) is 0 Å². The number of carbonyl (C=O) groups excluding carboxylic acids is 1. The van der Waals surface area contributed by atoms with Crippen molar-refractivity contribution >= 4 is 31.5 Å². The molecule has 1 fully saturated rings. The van der Waals surface area contributed by atoms with Crippen LogP contribution in [0.15, 0.2) is 54.6 Å². The third kappa shape index (κ3) is 5.63. The monoisotopic (exact) mass is 494 g/mol. The molecule has 2 aromatic rings. The Morgan fingerprint density at radius 3 is 1.97 bits per heavy atom. The second-order valence-electron chi connectivity index (χ2n) is 8.25. The third-order valence-corrected chi connectivity index (χ3v) is 9.33. The van der Waals surface area contributed by atoms with Gasteiger partial charge < -0.3 is 9.64 Å². The molecule has 1 heterocycles. The largest absolute Gasteiger partial charge is 0.378 e. The Balaban J connectivity index is 2.10. The third-order valence-electron chi connectivity index (χ3n) is 5.80. The molecule has 0 spiro atoms. The van der Waals surface area contributed by atoms with Crippen molar-refractivity contribution in [2.45, 2.75) is 25.3 Å². The molecule has 3 rings (SSSR count). The summed E-state index contributed by atoms with van der Waals surface area (Å²) in [5.41, 5.74) is 0.00309. The predicted molar refractivity (Wildman–Crippen MR) is 128 cm³/mol. The highest BCUT2D eigenvalue weighted by Crippen LogP contribution is 2.34. The van der Waals surface area contributed by atoms with E-state index in [2.05, 4.69) is 4.90 Å². The molecule has 1 unspecified atom stereocenters. The minimum Gasteiger partial charge on any atom is -0.378 e. The van der Waals surface area contributed by atoms with Crippen molar-refractivity contribution < 1.29 is 26.4 Å². The van der Waals surface area contributed by atoms with Gasteiger partial charge in [-0.1, -0.05) is 41.0 Å². The summed E-state index contributed by atoms with van der Waals surface area (Å²) in [5, 5.41) is 0. The molecule has 0 bridgehead atoms. The molecule has 33 heavy (non-hydrogen) atoms. The van der Waals surface area contributed by atoms with Crippen LogP contribution in [0.4, 0.5) is 5.69 Å². The Labute approximate surface area is 196 Å². The molecule has 1 saturated heterocycles. The van der Waals surface area contributed by atoms with E-state index >= 15 is 0 Å². The number of morpholine rings is 1. The molecular weight excluding hydrogens is 464 g/mol. The maximum Gasteiger partial charge on any atom is 0.225 e. The zero-order chi connectivity index (χ0) is 24.3. The average Bonchev–Trinajstić information content (AvgIpc) is 2.77. The van der Waals surface area contributed by atoms with Gasteiger partial charge in [0, 0.05) is 30.8 Å². The second-order valence-corrected chi connectivity index (χ2v) is 12.1. The fourth-order valence-corrected chi connectivity index (χ4v) is 8.16. The predicted octanol–water partition coefficient (Wildman–Crippen LogP) is 2.32. The van der Waals surface area contributed by atoms with Crippen LogP contribution in [0, 0.1) is 0 Å². The van der Waals surface area contributed by atoms with Gasteiger partial charge in [-0.3, -0.25) is 4.79 Å². The molecular formula is C23H30N2O6S2. The van der Waals surface area contributed by atoms with Crippen LogP contribution in [0.5, 0.6) is 0 Å². The van der Waals surface area contributed by atoms with Gasteiger partial charge in [0.1, 0.15) is 5.54 Å². The van der Waals surface area contributed by atoms with Crippen LogP contribution in [0.25, 0.3) is 0 Å². The first-order valence-corrected chi connectivity index (χ1v) is 14.4. The molecule has 0 radical (unpaired) electrons. The minimum atomic E-state index is -4.29. The molecule has 180 valence electrons. The SMILES string of the molecule is CCC(Cc1ccccc1)(C(=O)c1ccc(N2CCOCC2)cc1)N(S(C)(=O)=O)S(C)(=O)=O. The number of sulfonamides is 2. The van der Waals surface area contributed by atoms with Gasteiger partial charge in [0.15, 0.2) is 5.78 Å². The summed E-state index contributed by atoms with van der Waals surface area (Å²) in [7, 11) is -8.58. The zero-order valence-corrected chi connectivity index (χ0v) is 20.7. The Morgan fingerprint density at radius 2 is 1.48 bits per heavy atom. The van der Waals surface area contributed by atoms with E-state index in [1.165, 1.54) is 0 Å². The van der Waals surface area contributed by atoms with Crippen molar-refractivity contribution in [3.05, 3.63) is 65.7 Å². The number of anilines is 1. The van der Waals surface area contributed by atoms with E-state index in [0.717, 1.165) is 31.3 Å². The number of hydrogen-bond acceptors (Lipinski definition) is 7. The molecule has 8 nitrogen and oxygen atoms in total. The van der Waals surface area contributed by atoms with Gasteiger partial charge in [0.05, 0.1) is 25.7 Å². The Hall–Kier alpha value is -2.27. The average molecular weight is 495 g/mol. The quantitative estimate of drug-likeness (QED) is 0.493. The second kappa shape index (κ2) is 9.92. The summed E-state index contributed by atoms with van der Waals surface area (Å²) in [4.78, 5) is 16.1. The number of Topliss-reactive ketones (excluding diaryl/α,β-unsaturated/α-hetero) is 1. The van der Waals surface area contributed by atoms with Gasteiger partial charge in [-0.25, -0.2) is 16.8 Å². The standard InChI is InChI=1S/C23H30N2O6S2/c1-4-23(18-19-8-6-5-7-9-19,25(32(2,27)28)33(3,29)30)22(26)20-10-12-21(13-11-20)24-14-16-31-17-15-24/h5-13H,4,14-18H2,1-3H3. The number of benzene rings is 2. The van der Waals surface area contributed by atoms with Crippen LogP contribution in [0.3, 0.4) is 0 Å². The van der Waals surface area contributed by atoms with Gasteiger partial charge in [-0.15, -0.1) is 0 Å². The van der Waals surface area contributed by atoms with E-state index in [1.807, 2.05) is 0 Å². The van der Waals surface area contributed by atoms with Crippen molar-refractivity contribution in [3.8, 4) is 0 Å². The summed E-state index contributed by atoms with van der Waals surface area (Å²) in [6.45, 7) is 4.33. The molecule has 1 aliphatic heterocycles. The van der Waals surface area contributed by atoms with Crippen LogP contribution in [-0.2, 0) is 31.2 Å². The summed E-state index contributed by atoms with van der Waals surface area (Å²) in [5.74, 6) is -0.557. The fourth-order valence-electron chi connectivity index (χ4n) is 4.37. The molecule has 1 aliphatic rings. The Morgan fingerprint density at radius 1 is 0.939 bits per heavy atom. The molecule has 0 aromatic heterocycles.